The maximum Gasteiger partial charge on any atom is 0.255 e. The van der Waals surface area contributed by atoms with Gasteiger partial charge in [-0.3, -0.25) is 14.6 Å². The molecule has 0 saturated carbocycles. The average Bonchev–Trinajstić information content (AvgIpc) is 3.28. The number of nitrogens with one attached hydrogen (secondary N) is 3. The van der Waals surface area contributed by atoms with Crippen LogP contribution in [0.4, 0.5) is 20.4 Å². The van der Waals surface area contributed by atoms with Crippen LogP contribution in [0.2, 0.25) is 0 Å². The molecule has 1 fully saturated rings. The molecule has 9 nitrogen and oxygen atoms in total. The molecule has 0 atom stereocenters. The van der Waals surface area contributed by atoms with Gasteiger partial charge in [-0.05, 0) is 49.7 Å². The molecule has 186 valence electrons. The first kappa shape index (κ1) is 23.6. The molecule has 3 heterocycles. The van der Waals surface area contributed by atoms with Crippen LogP contribution in [0.3, 0.4) is 0 Å². The molecule has 2 aromatic heterocycles. The molecule has 36 heavy (non-hydrogen) atoms. The molecule has 0 radical (unpaired) electrons. The van der Waals surface area contributed by atoms with Crippen LogP contribution >= 0.6 is 0 Å². The van der Waals surface area contributed by atoms with E-state index < -0.39 is 11.6 Å². The third kappa shape index (κ3) is 4.96. The molecule has 0 unspecified atom stereocenters. The van der Waals surface area contributed by atoms with E-state index >= 15 is 0 Å². The Morgan fingerprint density at radius 3 is 2.69 bits per heavy atom. The van der Waals surface area contributed by atoms with Crippen LogP contribution in [0, 0.1) is 18.6 Å². The van der Waals surface area contributed by atoms with Crippen molar-refractivity contribution in [1.29, 1.82) is 0 Å². The van der Waals surface area contributed by atoms with E-state index in [4.69, 9.17) is 4.74 Å². The van der Waals surface area contributed by atoms with Crippen molar-refractivity contribution in [3.8, 4) is 11.4 Å². The van der Waals surface area contributed by atoms with Gasteiger partial charge < -0.3 is 19.9 Å². The van der Waals surface area contributed by atoms with Gasteiger partial charge in [0.2, 0.25) is 11.9 Å². The Kier molecular flexibility index (Phi) is 6.47. The van der Waals surface area contributed by atoms with Crippen LogP contribution in [0.1, 0.15) is 17.7 Å². The highest BCUT2D eigenvalue weighted by atomic mass is 19.1. The molecule has 0 aliphatic carbocycles. The summed E-state index contributed by atoms with van der Waals surface area (Å²) in [6, 6.07) is 8.16. The number of hydrogen-bond donors (Lipinski definition) is 3. The molecular weight excluding hydrogens is 470 g/mol. The van der Waals surface area contributed by atoms with Gasteiger partial charge in [-0.15, -0.1) is 0 Å². The van der Waals surface area contributed by atoms with E-state index in [2.05, 4.69) is 25.3 Å². The zero-order chi connectivity index (χ0) is 25.2. The lowest BCUT2D eigenvalue weighted by atomic mass is 10.1. The molecule has 1 amide bonds. The number of morpholine rings is 1. The number of carbonyl (C=O) groups excluding carboxylic acids is 1. The minimum atomic E-state index is -0.596. The first-order valence-electron chi connectivity index (χ1n) is 11.5. The van der Waals surface area contributed by atoms with E-state index in [-0.39, 0.29) is 35.7 Å². The minimum absolute atomic E-state index is 0.0191. The largest absolute Gasteiger partial charge is 0.378 e. The van der Waals surface area contributed by atoms with Crippen molar-refractivity contribution in [3.05, 3.63) is 69.6 Å². The number of amides is 1. The number of rotatable bonds is 6. The Bertz CT molecular complexity index is 1490. The van der Waals surface area contributed by atoms with Gasteiger partial charge in [-0.25, -0.2) is 18.7 Å². The second kappa shape index (κ2) is 9.86. The number of anilines is 2. The van der Waals surface area contributed by atoms with Crippen molar-refractivity contribution in [2.75, 3.05) is 36.5 Å². The number of hydrogen-bond acceptors (Lipinski definition) is 6. The number of nitrogens with zero attached hydrogens (tertiary/aromatic N) is 3. The fourth-order valence-corrected chi connectivity index (χ4v) is 4.17. The lowest BCUT2D eigenvalue weighted by Crippen LogP contribution is -2.38. The number of halogens is 2. The predicted molar refractivity (Wildman–Crippen MR) is 131 cm³/mol. The molecule has 0 bridgehead atoms. The molecule has 1 saturated heterocycles. The van der Waals surface area contributed by atoms with Gasteiger partial charge in [0.1, 0.15) is 17.5 Å². The van der Waals surface area contributed by atoms with Gasteiger partial charge in [0, 0.05) is 36.5 Å². The molecule has 2 aromatic carbocycles. The number of ether oxygens (including phenoxy) is 1. The number of imidazole rings is 1. The maximum atomic E-state index is 14.1. The summed E-state index contributed by atoms with van der Waals surface area (Å²) in [4.78, 5) is 41.8. The molecular formula is C25H24F2N6O3. The second-order valence-electron chi connectivity index (χ2n) is 8.54. The quantitative estimate of drug-likeness (QED) is 0.379. The summed E-state index contributed by atoms with van der Waals surface area (Å²) in [7, 11) is 0. The highest BCUT2D eigenvalue weighted by Crippen LogP contribution is 2.25. The van der Waals surface area contributed by atoms with Gasteiger partial charge in [-0.2, -0.15) is 0 Å². The van der Waals surface area contributed by atoms with Crippen molar-refractivity contribution < 1.29 is 18.3 Å². The summed E-state index contributed by atoms with van der Waals surface area (Å²) in [5.74, 6) is -0.740. The lowest BCUT2D eigenvalue weighted by molar-refractivity contribution is -0.116. The van der Waals surface area contributed by atoms with Crippen molar-refractivity contribution >= 4 is 28.6 Å². The van der Waals surface area contributed by atoms with Crippen molar-refractivity contribution in [2.24, 2.45) is 0 Å². The van der Waals surface area contributed by atoms with E-state index in [0.717, 1.165) is 18.2 Å². The van der Waals surface area contributed by atoms with Gasteiger partial charge in [-0.1, -0.05) is 0 Å². The fraction of sp³-hybridized carbons (Fsp3) is 0.280. The van der Waals surface area contributed by atoms with Gasteiger partial charge in [0.15, 0.2) is 0 Å². The first-order chi connectivity index (χ1) is 17.4. The number of carbonyl (C=O) groups is 1. The Morgan fingerprint density at radius 2 is 1.92 bits per heavy atom. The smallest absolute Gasteiger partial charge is 0.255 e. The average molecular weight is 495 g/mol. The van der Waals surface area contributed by atoms with E-state index in [1.54, 1.807) is 25.1 Å². The molecule has 0 spiro atoms. The van der Waals surface area contributed by atoms with Gasteiger partial charge in [0.25, 0.3) is 5.56 Å². The summed E-state index contributed by atoms with van der Waals surface area (Å²) < 4.78 is 33.0. The Hall–Kier alpha value is -4.12. The Morgan fingerprint density at radius 1 is 1.11 bits per heavy atom. The number of aromatic amines is 2. The fourth-order valence-electron chi connectivity index (χ4n) is 4.17. The topological polar surface area (TPSA) is 116 Å². The van der Waals surface area contributed by atoms with Crippen molar-refractivity contribution in [1.82, 2.24) is 19.9 Å². The van der Waals surface area contributed by atoms with E-state index in [0.29, 0.717) is 60.2 Å². The summed E-state index contributed by atoms with van der Waals surface area (Å²) in [5.41, 5.74) is 2.42. The van der Waals surface area contributed by atoms with Crippen LogP contribution in [0.5, 0.6) is 0 Å². The van der Waals surface area contributed by atoms with Gasteiger partial charge >= 0.3 is 0 Å². The number of aryl methyl sites for hydroxylation is 1. The normalized spacial score (nSPS) is 13.8. The van der Waals surface area contributed by atoms with Crippen LogP contribution in [0.15, 0.2) is 41.2 Å². The zero-order valence-corrected chi connectivity index (χ0v) is 19.5. The van der Waals surface area contributed by atoms with Crippen LogP contribution in [-0.4, -0.2) is 52.1 Å². The van der Waals surface area contributed by atoms with E-state index in [1.807, 2.05) is 4.90 Å². The molecule has 11 heteroatoms. The standard InChI is InChI=1S/C25H24F2N6O3/c1-14-17(24(35)32-25(28-14)33-8-10-36-11-9-33)4-7-22(34)29-16-3-6-20-21(13-16)31-23(30-20)18-12-15(26)2-5-19(18)27/h2-3,5-6,12-13H,4,7-11H2,1H3,(H,29,34)(H,30,31)(H,28,32,35). The number of benzene rings is 2. The molecule has 4 aromatic rings. The molecule has 1 aliphatic rings. The highest BCUT2D eigenvalue weighted by Gasteiger charge is 2.17. The summed E-state index contributed by atoms with van der Waals surface area (Å²) in [6.45, 7) is 4.24. The highest BCUT2D eigenvalue weighted by molar-refractivity contribution is 5.93. The van der Waals surface area contributed by atoms with Crippen LogP contribution in [-0.2, 0) is 16.0 Å². The van der Waals surface area contributed by atoms with Crippen molar-refractivity contribution in [2.45, 2.75) is 19.8 Å². The van der Waals surface area contributed by atoms with Crippen LogP contribution in [0.25, 0.3) is 22.4 Å². The zero-order valence-electron chi connectivity index (χ0n) is 19.5. The maximum absolute atomic E-state index is 14.1. The number of H-pyrrole nitrogens is 2. The van der Waals surface area contributed by atoms with Crippen molar-refractivity contribution in [3.63, 3.8) is 0 Å². The third-order valence-electron chi connectivity index (χ3n) is 6.07. The Labute approximate surface area is 204 Å². The lowest BCUT2D eigenvalue weighted by Gasteiger charge is -2.27. The third-order valence-corrected chi connectivity index (χ3v) is 6.07. The monoisotopic (exact) mass is 494 g/mol. The number of aromatic nitrogens is 4. The first-order valence-corrected chi connectivity index (χ1v) is 11.5. The minimum Gasteiger partial charge on any atom is -0.378 e. The van der Waals surface area contributed by atoms with Crippen LogP contribution < -0.4 is 15.8 Å². The molecule has 1 aliphatic heterocycles. The number of fused-ring (bicyclic) bond motifs is 1. The Balaban J connectivity index is 1.26. The SMILES string of the molecule is Cc1nc(N2CCOCC2)[nH]c(=O)c1CCC(=O)Nc1ccc2nc(-c3cc(F)ccc3F)[nH]c2c1. The van der Waals surface area contributed by atoms with Gasteiger partial charge in [0.05, 0.1) is 29.8 Å². The summed E-state index contributed by atoms with van der Waals surface area (Å²) >= 11 is 0. The second-order valence-corrected chi connectivity index (χ2v) is 8.54. The summed E-state index contributed by atoms with van der Waals surface area (Å²) in [5, 5.41) is 2.80. The van der Waals surface area contributed by atoms with E-state index in [9.17, 15) is 18.4 Å². The molecule has 3 N–H and O–H groups in total. The predicted octanol–water partition coefficient (Wildman–Crippen LogP) is 3.31. The summed E-state index contributed by atoms with van der Waals surface area (Å²) in [6.07, 6.45) is 0.321. The molecule has 5 rings (SSSR count). The van der Waals surface area contributed by atoms with E-state index in [1.165, 1.54) is 0 Å².